The fourth-order valence-electron chi connectivity index (χ4n) is 2.46. The molecule has 0 bridgehead atoms. The molecule has 4 nitrogen and oxygen atoms in total. The lowest BCUT2D eigenvalue weighted by Gasteiger charge is -2.27. The Morgan fingerprint density at radius 2 is 2.26 bits per heavy atom. The monoisotopic (exact) mass is 262 g/mol. The second-order valence-corrected chi connectivity index (χ2v) is 4.99. The standard InChI is InChI=1S/C15H22N2O2/c1-3-19-14-7-5-4-6-13(14)17-15(18)12-8-9-16-11(2)10-12/h4-7,11-12,16H,3,8-10H2,1-2H3,(H,17,18)/t11-,12-/m0/s1. The van der Waals surface area contributed by atoms with Gasteiger partial charge in [-0.2, -0.15) is 0 Å². The molecule has 1 heterocycles. The number of carbonyl (C=O) groups is 1. The fourth-order valence-corrected chi connectivity index (χ4v) is 2.46. The Balaban J connectivity index is 2.02. The van der Waals surface area contributed by atoms with E-state index in [9.17, 15) is 4.79 Å². The minimum Gasteiger partial charge on any atom is -0.492 e. The lowest BCUT2D eigenvalue weighted by molar-refractivity contribution is -0.120. The zero-order valence-electron chi connectivity index (χ0n) is 11.6. The molecule has 1 fully saturated rings. The zero-order valence-corrected chi connectivity index (χ0v) is 11.6. The van der Waals surface area contributed by atoms with Crippen LogP contribution in [-0.2, 0) is 4.79 Å². The minimum absolute atomic E-state index is 0.0888. The van der Waals surface area contributed by atoms with Gasteiger partial charge in [0.05, 0.1) is 12.3 Å². The molecule has 2 atom stereocenters. The lowest BCUT2D eigenvalue weighted by atomic mass is 9.92. The Bertz CT molecular complexity index is 434. The van der Waals surface area contributed by atoms with Gasteiger partial charge in [-0.05, 0) is 45.4 Å². The predicted octanol–water partition coefficient (Wildman–Crippen LogP) is 2.41. The predicted molar refractivity (Wildman–Crippen MR) is 76.4 cm³/mol. The summed E-state index contributed by atoms with van der Waals surface area (Å²) in [4.78, 5) is 12.3. The second kappa shape index (κ2) is 6.57. The van der Waals surface area contributed by atoms with E-state index >= 15 is 0 Å². The van der Waals surface area contributed by atoms with E-state index < -0.39 is 0 Å². The summed E-state index contributed by atoms with van der Waals surface area (Å²) in [5, 5.41) is 6.35. The van der Waals surface area contributed by atoms with E-state index in [4.69, 9.17) is 4.74 Å². The number of hydrogen-bond acceptors (Lipinski definition) is 3. The number of anilines is 1. The van der Waals surface area contributed by atoms with Crippen LogP contribution >= 0.6 is 0 Å². The van der Waals surface area contributed by atoms with Gasteiger partial charge in [-0.15, -0.1) is 0 Å². The Kier molecular flexibility index (Phi) is 4.80. The summed E-state index contributed by atoms with van der Waals surface area (Å²) in [5.41, 5.74) is 0.764. The molecular formula is C15H22N2O2. The third kappa shape index (κ3) is 3.70. The van der Waals surface area contributed by atoms with Gasteiger partial charge >= 0.3 is 0 Å². The zero-order chi connectivity index (χ0) is 13.7. The van der Waals surface area contributed by atoms with Crippen molar-refractivity contribution in [1.82, 2.24) is 5.32 Å². The van der Waals surface area contributed by atoms with Crippen molar-refractivity contribution in [2.75, 3.05) is 18.5 Å². The maximum atomic E-state index is 12.3. The van der Waals surface area contributed by atoms with Crippen molar-refractivity contribution in [3.05, 3.63) is 24.3 Å². The number of ether oxygens (including phenoxy) is 1. The normalized spacial score (nSPS) is 22.8. The van der Waals surface area contributed by atoms with Crippen molar-refractivity contribution in [1.29, 1.82) is 0 Å². The first-order valence-corrected chi connectivity index (χ1v) is 6.96. The van der Waals surface area contributed by atoms with Crippen molar-refractivity contribution >= 4 is 11.6 Å². The molecule has 0 aliphatic carbocycles. The molecule has 19 heavy (non-hydrogen) atoms. The third-order valence-electron chi connectivity index (χ3n) is 3.44. The first-order valence-electron chi connectivity index (χ1n) is 6.96. The number of benzene rings is 1. The average molecular weight is 262 g/mol. The summed E-state index contributed by atoms with van der Waals surface area (Å²) in [5.74, 6) is 0.923. The van der Waals surface area contributed by atoms with E-state index in [1.807, 2.05) is 31.2 Å². The molecule has 2 N–H and O–H groups in total. The topological polar surface area (TPSA) is 50.4 Å². The van der Waals surface area contributed by atoms with Crippen LogP contribution in [0.1, 0.15) is 26.7 Å². The average Bonchev–Trinajstić information content (AvgIpc) is 2.41. The third-order valence-corrected chi connectivity index (χ3v) is 3.44. The Morgan fingerprint density at radius 1 is 1.47 bits per heavy atom. The molecule has 1 amide bonds. The highest BCUT2D eigenvalue weighted by Gasteiger charge is 2.25. The molecule has 0 radical (unpaired) electrons. The molecule has 0 aromatic heterocycles. The molecule has 2 rings (SSSR count). The number of piperidine rings is 1. The van der Waals surface area contributed by atoms with Crippen LogP contribution in [0.2, 0.25) is 0 Å². The van der Waals surface area contributed by atoms with Gasteiger partial charge in [0.15, 0.2) is 0 Å². The van der Waals surface area contributed by atoms with Crippen molar-refractivity contribution < 1.29 is 9.53 Å². The Hall–Kier alpha value is -1.55. The van der Waals surface area contributed by atoms with Gasteiger partial charge in [-0.3, -0.25) is 4.79 Å². The van der Waals surface area contributed by atoms with Crippen LogP contribution in [0.5, 0.6) is 5.75 Å². The smallest absolute Gasteiger partial charge is 0.227 e. The van der Waals surface area contributed by atoms with Gasteiger partial charge in [0.2, 0.25) is 5.91 Å². The van der Waals surface area contributed by atoms with E-state index in [1.165, 1.54) is 0 Å². The van der Waals surface area contributed by atoms with E-state index in [-0.39, 0.29) is 11.8 Å². The molecule has 1 aromatic carbocycles. The number of amides is 1. The molecule has 4 heteroatoms. The van der Waals surface area contributed by atoms with Crippen molar-refractivity contribution in [3.8, 4) is 5.75 Å². The molecule has 1 aromatic rings. The molecular weight excluding hydrogens is 240 g/mol. The van der Waals surface area contributed by atoms with E-state index in [0.29, 0.717) is 12.6 Å². The van der Waals surface area contributed by atoms with Crippen LogP contribution in [0.15, 0.2) is 24.3 Å². The number of nitrogens with one attached hydrogen (secondary N) is 2. The second-order valence-electron chi connectivity index (χ2n) is 4.99. The molecule has 0 unspecified atom stereocenters. The van der Waals surface area contributed by atoms with Crippen LogP contribution in [0.25, 0.3) is 0 Å². The maximum Gasteiger partial charge on any atom is 0.227 e. The van der Waals surface area contributed by atoms with Crippen molar-refractivity contribution in [2.24, 2.45) is 5.92 Å². The summed E-state index contributed by atoms with van der Waals surface area (Å²) in [6.07, 6.45) is 1.79. The Labute approximate surface area is 114 Å². The van der Waals surface area contributed by atoms with E-state index in [0.717, 1.165) is 30.8 Å². The van der Waals surface area contributed by atoms with E-state index in [1.54, 1.807) is 0 Å². The van der Waals surface area contributed by atoms with Gasteiger partial charge in [0, 0.05) is 12.0 Å². The summed E-state index contributed by atoms with van der Waals surface area (Å²) in [6, 6.07) is 7.99. The molecule has 0 saturated carbocycles. The van der Waals surface area contributed by atoms with Crippen LogP contribution in [-0.4, -0.2) is 25.1 Å². The number of hydrogen-bond donors (Lipinski definition) is 2. The Morgan fingerprint density at radius 3 is 3.00 bits per heavy atom. The highest BCUT2D eigenvalue weighted by atomic mass is 16.5. The highest BCUT2D eigenvalue weighted by molar-refractivity contribution is 5.94. The number of carbonyl (C=O) groups excluding carboxylic acids is 1. The SMILES string of the molecule is CCOc1ccccc1NC(=O)[C@H]1CCN[C@@H](C)C1. The number of rotatable bonds is 4. The van der Waals surface area contributed by atoms with Gasteiger partial charge in [-0.25, -0.2) is 0 Å². The van der Waals surface area contributed by atoms with Gasteiger partial charge in [0.25, 0.3) is 0 Å². The highest BCUT2D eigenvalue weighted by Crippen LogP contribution is 2.25. The lowest BCUT2D eigenvalue weighted by Crippen LogP contribution is -2.40. The summed E-state index contributed by atoms with van der Waals surface area (Å²) in [6.45, 7) is 5.56. The van der Waals surface area contributed by atoms with Crippen LogP contribution in [0, 0.1) is 5.92 Å². The van der Waals surface area contributed by atoms with Crippen LogP contribution in [0.4, 0.5) is 5.69 Å². The molecule has 1 aliphatic heterocycles. The van der Waals surface area contributed by atoms with E-state index in [2.05, 4.69) is 17.6 Å². The quantitative estimate of drug-likeness (QED) is 0.876. The molecule has 0 spiro atoms. The maximum absolute atomic E-state index is 12.3. The first kappa shape index (κ1) is 13.9. The summed E-state index contributed by atoms with van der Waals surface area (Å²) >= 11 is 0. The van der Waals surface area contributed by atoms with Gasteiger partial charge in [-0.1, -0.05) is 12.1 Å². The molecule has 104 valence electrons. The van der Waals surface area contributed by atoms with Gasteiger partial charge in [0.1, 0.15) is 5.75 Å². The van der Waals surface area contributed by atoms with Crippen LogP contribution in [0.3, 0.4) is 0 Å². The minimum atomic E-state index is 0.0888. The molecule has 1 aliphatic rings. The summed E-state index contributed by atoms with van der Waals surface area (Å²) < 4.78 is 5.52. The molecule has 1 saturated heterocycles. The largest absolute Gasteiger partial charge is 0.492 e. The van der Waals surface area contributed by atoms with Crippen LogP contribution < -0.4 is 15.4 Å². The fraction of sp³-hybridized carbons (Fsp3) is 0.533. The van der Waals surface area contributed by atoms with Crippen molar-refractivity contribution in [3.63, 3.8) is 0 Å². The van der Waals surface area contributed by atoms with Gasteiger partial charge < -0.3 is 15.4 Å². The first-order chi connectivity index (χ1) is 9.20. The number of para-hydroxylation sites is 2. The summed E-state index contributed by atoms with van der Waals surface area (Å²) in [7, 11) is 0. The van der Waals surface area contributed by atoms with Crippen molar-refractivity contribution in [2.45, 2.75) is 32.7 Å².